The summed E-state index contributed by atoms with van der Waals surface area (Å²) in [5.74, 6) is 0.242. The number of carbonyl (C=O) groups excluding carboxylic acids is 1. The summed E-state index contributed by atoms with van der Waals surface area (Å²) < 4.78 is 10.3. The molecule has 0 radical (unpaired) electrons. The first-order chi connectivity index (χ1) is 11.6. The molecular weight excluding hydrogens is 314 g/mol. The Morgan fingerprint density at radius 2 is 2.29 bits per heavy atom. The second-order valence-electron chi connectivity index (χ2n) is 5.27. The molecular formula is C16H15N3O5. The molecule has 1 aliphatic heterocycles. The van der Waals surface area contributed by atoms with Crippen molar-refractivity contribution in [2.75, 3.05) is 19.0 Å². The zero-order valence-corrected chi connectivity index (χ0v) is 12.9. The monoisotopic (exact) mass is 329 g/mol. The normalized spacial score (nSPS) is 15.3. The van der Waals surface area contributed by atoms with Gasteiger partial charge in [0.05, 0.1) is 24.1 Å². The highest BCUT2D eigenvalue weighted by molar-refractivity contribution is 5.90. The highest BCUT2D eigenvalue weighted by Crippen LogP contribution is 2.29. The van der Waals surface area contributed by atoms with Crippen molar-refractivity contribution >= 4 is 17.5 Å². The van der Waals surface area contributed by atoms with Crippen molar-refractivity contribution in [3.8, 4) is 5.75 Å². The third-order valence-electron chi connectivity index (χ3n) is 3.70. The van der Waals surface area contributed by atoms with E-state index in [2.05, 4.69) is 15.0 Å². The van der Waals surface area contributed by atoms with Crippen LogP contribution < -0.4 is 10.1 Å². The molecule has 1 aliphatic rings. The number of pyridine rings is 1. The van der Waals surface area contributed by atoms with Crippen LogP contribution in [0.1, 0.15) is 15.9 Å². The van der Waals surface area contributed by atoms with Gasteiger partial charge in [-0.3, -0.25) is 10.1 Å². The number of hydrogen-bond acceptors (Lipinski definition) is 7. The molecule has 3 rings (SSSR count). The number of para-hydroxylation sites is 1. The fraction of sp³-hybridized carbons (Fsp3) is 0.250. The lowest BCUT2D eigenvalue weighted by Crippen LogP contribution is -2.24. The predicted octanol–water partition coefficient (Wildman–Crippen LogP) is 2.19. The fourth-order valence-electron chi connectivity index (χ4n) is 2.54. The lowest BCUT2D eigenvalue weighted by molar-refractivity contribution is -0.384. The Balaban J connectivity index is 1.71. The number of nitro groups is 1. The standard InChI is InChI=1S/C16H15N3O5/c1-23-16(20)11-7-13(19(21)22)15(17-8-11)18-9-12-6-10-4-2-3-5-14(10)24-12/h2-5,7-8,12H,6,9H2,1H3,(H,17,18). The summed E-state index contributed by atoms with van der Waals surface area (Å²) >= 11 is 0. The summed E-state index contributed by atoms with van der Waals surface area (Å²) in [7, 11) is 1.20. The molecule has 0 aliphatic carbocycles. The lowest BCUT2D eigenvalue weighted by Gasteiger charge is -2.12. The van der Waals surface area contributed by atoms with Crippen LogP contribution in [0, 0.1) is 10.1 Å². The minimum absolute atomic E-state index is 0.0271. The van der Waals surface area contributed by atoms with Crippen LogP contribution in [0.15, 0.2) is 36.5 Å². The molecule has 1 N–H and O–H groups in total. The van der Waals surface area contributed by atoms with Gasteiger partial charge in [-0.05, 0) is 11.6 Å². The van der Waals surface area contributed by atoms with Gasteiger partial charge in [-0.25, -0.2) is 9.78 Å². The molecule has 124 valence electrons. The van der Waals surface area contributed by atoms with Gasteiger partial charge >= 0.3 is 11.7 Å². The number of methoxy groups -OCH3 is 1. The molecule has 1 atom stereocenters. The van der Waals surface area contributed by atoms with Gasteiger partial charge in [-0.2, -0.15) is 0 Å². The number of anilines is 1. The van der Waals surface area contributed by atoms with E-state index in [1.54, 1.807) is 0 Å². The van der Waals surface area contributed by atoms with E-state index in [0.717, 1.165) is 23.8 Å². The average molecular weight is 329 g/mol. The number of fused-ring (bicyclic) bond motifs is 1. The van der Waals surface area contributed by atoms with Crippen LogP contribution in [0.25, 0.3) is 0 Å². The van der Waals surface area contributed by atoms with Crippen molar-refractivity contribution in [3.63, 3.8) is 0 Å². The quantitative estimate of drug-likeness (QED) is 0.509. The number of aromatic nitrogens is 1. The van der Waals surface area contributed by atoms with Gasteiger partial charge in [0.2, 0.25) is 5.82 Å². The van der Waals surface area contributed by atoms with Crippen molar-refractivity contribution in [3.05, 3.63) is 57.8 Å². The van der Waals surface area contributed by atoms with E-state index in [-0.39, 0.29) is 23.2 Å². The molecule has 0 amide bonds. The highest BCUT2D eigenvalue weighted by Gasteiger charge is 2.24. The van der Waals surface area contributed by atoms with Gasteiger partial charge in [0, 0.05) is 18.7 Å². The molecule has 1 unspecified atom stereocenters. The second-order valence-corrected chi connectivity index (χ2v) is 5.27. The maximum absolute atomic E-state index is 11.5. The van der Waals surface area contributed by atoms with Crippen LogP contribution in [-0.4, -0.2) is 35.6 Å². The molecule has 2 heterocycles. The maximum atomic E-state index is 11.5. The Morgan fingerprint density at radius 3 is 3.00 bits per heavy atom. The summed E-state index contributed by atoms with van der Waals surface area (Å²) in [6.45, 7) is 0.361. The van der Waals surface area contributed by atoms with E-state index in [4.69, 9.17) is 4.74 Å². The Kier molecular flexibility index (Phi) is 4.28. The second kappa shape index (κ2) is 6.53. The van der Waals surface area contributed by atoms with Crippen LogP contribution in [0.4, 0.5) is 11.5 Å². The number of nitrogens with zero attached hydrogens (tertiary/aromatic N) is 2. The molecule has 0 spiro atoms. The predicted molar refractivity (Wildman–Crippen MR) is 85.3 cm³/mol. The fourth-order valence-corrected chi connectivity index (χ4v) is 2.54. The number of esters is 1. The molecule has 1 aromatic carbocycles. The van der Waals surface area contributed by atoms with Crippen LogP contribution in [-0.2, 0) is 11.2 Å². The van der Waals surface area contributed by atoms with Crippen LogP contribution in [0.3, 0.4) is 0 Å². The number of hydrogen-bond donors (Lipinski definition) is 1. The van der Waals surface area contributed by atoms with Crippen molar-refractivity contribution < 1.29 is 19.2 Å². The first-order valence-corrected chi connectivity index (χ1v) is 7.29. The van der Waals surface area contributed by atoms with E-state index >= 15 is 0 Å². The van der Waals surface area contributed by atoms with Gasteiger partial charge in [0.25, 0.3) is 0 Å². The third kappa shape index (κ3) is 3.12. The first-order valence-electron chi connectivity index (χ1n) is 7.29. The molecule has 1 aromatic heterocycles. The Bertz CT molecular complexity index is 768. The van der Waals surface area contributed by atoms with Crippen molar-refractivity contribution in [2.24, 2.45) is 0 Å². The highest BCUT2D eigenvalue weighted by atomic mass is 16.6. The number of carbonyl (C=O) groups is 1. The van der Waals surface area contributed by atoms with Gasteiger partial charge in [-0.15, -0.1) is 0 Å². The molecule has 0 saturated carbocycles. The maximum Gasteiger partial charge on any atom is 0.339 e. The van der Waals surface area contributed by atoms with E-state index in [9.17, 15) is 14.9 Å². The first kappa shape index (κ1) is 15.7. The van der Waals surface area contributed by atoms with Gasteiger partial charge < -0.3 is 14.8 Å². The van der Waals surface area contributed by atoms with E-state index in [1.807, 2.05) is 24.3 Å². The molecule has 24 heavy (non-hydrogen) atoms. The Labute approximate surface area is 137 Å². The zero-order valence-electron chi connectivity index (χ0n) is 12.9. The van der Waals surface area contributed by atoms with Gasteiger partial charge in [0.15, 0.2) is 0 Å². The largest absolute Gasteiger partial charge is 0.488 e. The number of rotatable bonds is 5. The van der Waals surface area contributed by atoms with E-state index in [0.29, 0.717) is 6.54 Å². The number of ether oxygens (including phenoxy) is 2. The SMILES string of the molecule is COC(=O)c1cnc(NCC2Cc3ccccc3O2)c([N+](=O)[O-])c1. The smallest absolute Gasteiger partial charge is 0.339 e. The molecule has 8 nitrogen and oxygen atoms in total. The van der Waals surface area contributed by atoms with E-state index in [1.165, 1.54) is 13.3 Å². The molecule has 8 heteroatoms. The van der Waals surface area contributed by atoms with Crippen LogP contribution in [0.5, 0.6) is 5.75 Å². The third-order valence-corrected chi connectivity index (χ3v) is 3.70. The summed E-state index contributed by atoms with van der Waals surface area (Å²) in [4.78, 5) is 26.0. The van der Waals surface area contributed by atoms with Crippen molar-refractivity contribution in [1.82, 2.24) is 4.98 Å². The minimum Gasteiger partial charge on any atom is -0.488 e. The molecule has 0 fully saturated rings. The van der Waals surface area contributed by atoms with Crippen molar-refractivity contribution in [1.29, 1.82) is 0 Å². The minimum atomic E-state index is -0.674. The zero-order chi connectivity index (χ0) is 17.1. The number of benzene rings is 1. The number of nitrogens with one attached hydrogen (secondary N) is 1. The van der Waals surface area contributed by atoms with Crippen LogP contribution >= 0.6 is 0 Å². The Morgan fingerprint density at radius 1 is 1.50 bits per heavy atom. The van der Waals surface area contributed by atoms with Crippen LogP contribution in [0.2, 0.25) is 0 Å². The topological polar surface area (TPSA) is 104 Å². The van der Waals surface area contributed by atoms with Gasteiger partial charge in [0.1, 0.15) is 11.9 Å². The molecule has 0 saturated heterocycles. The summed E-state index contributed by atoms with van der Waals surface area (Å²) in [5.41, 5.74) is 0.848. The lowest BCUT2D eigenvalue weighted by atomic mass is 10.1. The Hall–Kier alpha value is -3.16. The summed E-state index contributed by atoms with van der Waals surface area (Å²) in [6, 6.07) is 8.86. The average Bonchev–Trinajstić information content (AvgIpc) is 3.02. The summed E-state index contributed by atoms with van der Waals surface area (Å²) in [6.07, 6.45) is 1.83. The summed E-state index contributed by atoms with van der Waals surface area (Å²) in [5, 5.41) is 14.1. The van der Waals surface area contributed by atoms with Crippen molar-refractivity contribution in [2.45, 2.75) is 12.5 Å². The molecule has 2 aromatic rings. The van der Waals surface area contributed by atoms with E-state index < -0.39 is 10.9 Å². The van der Waals surface area contributed by atoms with Gasteiger partial charge in [-0.1, -0.05) is 18.2 Å². The molecule has 0 bridgehead atoms.